The third-order valence-electron chi connectivity index (χ3n) is 4.24. The van der Waals surface area contributed by atoms with Crippen LogP contribution in [-0.4, -0.2) is 60.4 Å². The molecule has 0 heterocycles. The Kier molecular flexibility index (Phi) is 6.53. The van der Waals surface area contributed by atoms with E-state index in [2.05, 4.69) is 16.0 Å². The summed E-state index contributed by atoms with van der Waals surface area (Å²) in [6, 6.07) is 0.846. The highest BCUT2D eigenvalue weighted by atomic mass is 16.2. The molecule has 0 bridgehead atoms. The van der Waals surface area contributed by atoms with Crippen LogP contribution in [0.25, 0.3) is 0 Å². The molecule has 23 heavy (non-hydrogen) atoms. The molecule has 0 saturated heterocycles. The van der Waals surface area contributed by atoms with E-state index in [0.29, 0.717) is 6.04 Å². The second kappa shape index (κ2) is 8.40. The van der Waals surface area contributed by atoms with Gasteiger partial charge in [-0.2, -0.15) is 0 Å². The molecule has 0 aliphatic heterocycles. The third-order valence-corrected chi connectivity index (χ3v) is 4.24. The fraction of sp³-hybridized carbons (Fsp3) is 0.812. The SMILES string of the molecule is CC[C@@H](C)NCC(=O)NC(=O)CN(C(=O)CNC1CC1)C1CC1. The minimum absolute atomic E-state index is 0.0368. The van der Waals surface area contributed by atoms with Crippen molar-refractivity contribution in [2.45, 2.75) is 64.1 Å². The average molecular weight is 324 g/mol. The number of nitrogens with zero attached hydrogens (tertiary/aromatic N) is 1. The number of amides is 3. The van der Waals surface area contributed by atoms with Crippen LogP contribution in [0.15, 0.2) is 0 Å². The summed E-state index contributed by atoms with van der Waals surface area (Å²) in [4.78, 5) is 37.5. The zero-order chi connectivity index (χ0) is 16.8. The first kappa shape index (κ1) is 17.9. The van der Waals surface area contributed by atoms with Crippen LogP contribution >= 0.6 is 0 Å². The Morgan fingerprint density at radius 3 is 2.35 bits per heavy atom. The summed E-state index contributed by atoms with van der Waals surface area (Å²) in [6.07, 6.45) is 5.03. The zero-order valence-electron chi connectivity index (χ0n) is 14.1. The maximum absolute atomic E-state index is 12.2. The predicted octanol–water partition coefficient (Wildman–Crippen LogP) is -0.240. The predicted molar refractivity (Wildman–Crippen MR) is 86.7 cm³/mol. The normalized spacial score (nSPS) is 18.3. The molecule has 2 aliphatic carbocycles. The third kappa shape index (κ3) is 6.66. The maximum atomic E-state index is 12.2. The lowest BCUT2D eigenvalue weighted by Gasteiger charge is -2.22. The molecule has 0 aromatic carbocycles. The molecule has 3 amide bonds. The first-order chi connectivity index (χ1) is 11.0. The molecule has 2 aliphatic rings. The van der Waals surface area contributed by atoms with Crippen LogP contribution < -0.4 is 16.0 Å². The van der Waals surface area contributed by atoms with E-state index < -0.39 is 5.91 Å². The Morgan fingerprint density at radius 2 is 1.78 bits per heavy atom. The number of hydrogen-bond donors (Lipinski definition) is 3. The van der Waals surface area contributed by atoms with Crippen molar-refractivity contribution >= 4 is 17.7 Å². The van der Waals surface area contributed by atoms with Gasteiger partial charge in [0.1, 0.15) is 6.54 Å². The van der Waals surface area contributed by atoms with Crippen molar-refractivity contribution < 1.29 is 14.4 Å². The zero-order valence-corrected chi connectivity index (χ0v) is 14.1. The lowest BCUT2D eigenvalue weighted by Crippen LogP contribution is -2.48. The van der Waals surface area contributed by atoms with E-state index in [4.69, 9.17) is 0 Å². The highest BCUT2D eigenvalue weighted by Gasteiger charge is 2.34. The summed E-state index contributed by atoms with van der Waals surface area (Å²) in [5, 5.41) is 8.56. The van der Waals surface area contributed by atoms with Gasteiger partial charge in [0.15, 0.2) is 0 Å². The van der Waals surface area contributed by atoms with Gasteiger partial charge in [-0.05, 0) is 39.0 Å². The van der Waals surface area contributed by atoms with E-state index in [0.717, 1.165) is 32.1 Å². The Balaban J connectivity index is 1.71. The van der Waals surface area contributed by atoms with Gasteiger partial charge in [-0.1, -0.05) is 6.92 Å². The van der Waals surface area contributed by atoms with E-state index >= 15 is 0 Å². The molecular weight excluding hydrogens is 296 g/mol. The Labute approximate surface area is 137 Å². The molecule has 2 rings (SSSR count). The van der Waals surface area contributed by atoms with E-state index in [1.54, 1.807) is 4.90 Å². The largest absolute Gasteiger partial charge is 0.329 e. The summed E-state index contributed by atoms with van der Waals surface area (Å²) in [5.41, 5.74) is 0. The molecule has 2 saturated carbocycles. The molecule has 1 atom stereocenters. The van der Waals surface area contributed by atoms with Gasteiger partial charge >= 0.3 is 0 Å². The number of carbonyl (C=O) groups is 3. The average Bonchev–Trinajstić information content (AvgIpc) is 3.39. The van der Waals surface area contributed by atoms with Gasteiger partial charge in [0.2, 0.25) is 17.7 Å². The smallest absolute Gasteiger partial charge is 0.246 e. The molecule has 130 valence electrons. The van der Waals surface area contributed by atoms with Gasteiger partial charge in [-0.3, -0.25) is 19.7 Å². The van der Waals surface area contributed by atoms with Crippen LogP contribution in [0.5, 0.6) is 0 Å². The molecule has 3 N–H and O–H groups in total. The number of carbonyl (C=O) groups excluding carboxylic acids is 3. The Morgan fingerprint density at radius 1 is 1.09 bits per heavy atom. The summed E-state index contributed by atoms with van der Waals surface area (Å²) in [7, 11) is 0. The van der Waals surface area contributed by atoms with Gasteiger partial charge in [0.25, 0.3) is 0 Å². The van der Waals surface area contributed by atoms with Crippen LogP contribution in [0, 0.1) is 0 Å². The molecule has 0 radical (unpaired) electrons. The lowest BCUT2D eigenvalue weighted by atomic mass is 10.2. The monoisotopic (exact) mass is 324 g/mol. The van der Waals surface area contributed by atoms with Crippen LogP contribution in [-0.2, 0) is 14.4 Å². The minimum Gasteiger partial charge on any atom is -0.329 e. The fourth-order valence-electron chi connectivity index (χ4n) is 2.23. The fourth-order valence-corrected chi connectivity index (χ4v) is 2.23. The molecular formula is C16H28N4O3. The van der Waals surface area contributed by atoms with Gasteiger partial charge in [-0.15, -0.1) is 0 Å². The summed E-state index contributed by atoms with van der Waals surface area (Å²) < 4.78 is 0. The van der Waals surface area contributed by atoms with Crippen LogP contribution in [0.1, 0.15) is 46.0 Å². The standard InChI is InChI=1S/C16H28N4O3/c1-3-11(2)17-8-14(21)19-15(22)10-20(13-6-7-13)16(23)9-18-12-4-5-12/h11-13,17-18H,3-10H2,1-2H3,(H,19,21,22)/t11-/m1/s1. The van der Waals surface area contributed by atoms with Crippen molar-refractivity contribution in [2.75, 3.05) is 19.6 Å². The number of rotatable bonds is 10. The van der Waals surface area contributed by atoms with E-state index in [9.17, 15) is 14.4 Å². The molecule has 7 nitrogen and oxygen atoms in total. The van der Waals surface area contributed by atoms with Gasteiger partial charge < -0.3 is 15.5 Å². The summed E-state index contributed by atoms with van der Waals surface area (Å²) in [6.45, 7) is 4.36. The van der Waals surface area contributed by atoms with E-state index in [1.165, 1.54) is 0 Å². The van der Waals surface area contributed by atoms with Gasteiger partial charge in [0, 0.05) is 18.1 Å². The number of hydrogen-bond acceptors (Lipinski definition) is 5. The molecule has 7 heteroatoms. The highest BCUT2D eigenvalue weighted by Crippen LogP contribution is 2.26. The van der Waals surface area contributed by atoms with Crippen molar-refractivity contribution in [3.8, 4) is 0 Å². The summed E-state index contributed by atoms with van der Waals surface area (Å²) in [5.74, 6) is -0.818. The number of imide groups is 1. The molecule has 0 spiro atoms. The summed E-state index contributed by atoms with van der Waals surface area (Å²) >= 11 is 0. The van der Waals surface area contributed by atoms with E-state index in [-0.39, 0.29) is 43.5 Å². The molecule has 2 fully saturated rings. The topological polar surface area (TPSA) is 90.5 Å². The van der Waals surface area contributed by atoms with Crippen molar-refractivity contribution in [3.63, 3.8) is 0 Å². The highest BCUT2D eigenvalue weighted by molar-refractivity contribution is 5.98. The lowest BCUT2D eigenvalue weighted by molar-refractivity contribution is -0.138. The molecule has 0 aromatic heterocycles. The minimum atomic E-state index is -0.410. The van der Waals surface area contributed by atoms with Crippen LogP contribution in [0.2, 0.25) is 0 Å². The quantitative estimate of drug-likeness (QED) is 0.516. The first-order valence-corrected chi connectivity index (χ1v) is 8.58. The number of nitrogens with one attached hydrogen (secondary N) is 3. The van der Waals surface area contributed by atoms with Crippen molar-refractivity contribution in [2.24, 2.45) is 0 Å². The molecule has 0 aromatic rings. The van der Waals surface area contributed by atoms with Crippen molar-refractivity contribution in [1.82, 2.24) is 20.9 Å². The second-order valence-electron chi connectivity index (χ2n) is 6.57. The van der Waals surface area contributed by atoms with Crippen LogP contribution in [0.4, 0.5) is 0 Å². The van der Waals surface area contributed by atoms with E-state index in [1.807, 2.05) is 13.8 Å². The van der Waals surface area contributed by atoms with Gasteiger partial charge in [-0.25, -0.2) is 0 Å². The van der Waals surface area contributed by atoms with Crippen molar-refractivity contribution in [3.05, 3.63) is 0 Å². The first-order valence-electron chi connectivity index (χ1n) is 8.58. The molecule has 0 unspecified atom stereocenters. The van der Waals surface area contributed by atoms with Crippen LogP contribution in [0.3, 0.4) is 0 Å². The second-order valence-corrected chi connectivity index (χ2v) is 6.57. The van der Waals surface area contributed by atoms with Crippen molar-refractivity contribution in [1.29, 1.82) is 0 Å². The maximum Gasteiger partial charge on any atom is 0.246 e. The van der Waals surface area contributed by atoms with Gasteiger partial charge in [0.05, 0.1) is 13.1 Å². The Bertz CT molecular complexity index is 447. The Hall–Kier alpha value is -1.47.